The summed E-state index contributed by atoms with van der Waals surface area (Å²) in [5.74, 6) is -6.87. The Morgan fingerprint density at radius 3 is 2.19 bits per heavy atom. The highest BCUT2D eigenvalue weighted by Crippen LogP contribution is 2.67. The van der Waals surface area contributed by atoms with E-state index in [-0.39, 0.29) is 40.4 Å². The molecule has 246 valence electrons. The summed E-state index contributed by atoms with van der Waals surface area (Å²) in [5, 5.41) is 10.8. The number of halogens is 5. The minimum Gasteiger partial charge on any atom is -0.503 e. The zero-order valence-corrected chi connectivity index (χ0v) is 29.7. The van der Waals surface area contributed by atoms with Crippen LogP contribution < -0.4 is 14.5 Å². The third kappa shape index (κ3) is 4.36. The summed E-state index contributed by atoms with van der Waals surface area (Å²) in [6, 6.07) is 13.1. The molecule has 0 bridgehead atoms. The third-order valence-corrected chi connectivity index (χ3v) is 13.6. The first-order valence-electron chi connectivity index (χ1n) is 14.9. The molecule has 4 amide bonds. The van der Waals surface area contributed by atoms with Gasteiger partial charge in [-0.2, -0.15) is 0 Å². The zero-order chi connectivity index (χ0) is 34.4. The van der Waals surface area contributed by atoms with Crippen LogP contribution in [-0.2, 0) is 19.2 Å². The topological polar surface area (TPSA) is 104 Å². The Morgan fingerprint density at radius 2 is 1.56 bits per heavy atom. The number of methoxy groups -OCH3 is 1. The van der Waals surface area contributed by atoms with Crippen LogP contribution in [0.4, 0.5) is 15.8 Å². The van der Waals surface area contributed by atoms with Gasteiger partial charge in [0, 0.05) is 10.4 Å². The Balaban J connectivity index is 1.43. The average Bonchev–Trinajstić information content (AvgIpc) is 3.42. The number of anilines is 2. The molecule has 6 atom stereocenters. The number of fused-ring (bicyclic) bond motifs is 4. The summed E-state index contributed by atoms with van der Waals surface area (Å²) in [5.41, 5.74) is 2.18. The lowest BCUT2D eigenvalue weighted by molar-refractivity contribution is -0.125. The van der Waals surface area contributed by atoms with E-state index < -0.39 is 57.0 Å². The number of aromatic hydroxyl groups is 1. The van der Waals surface area contributed by atoms with Gasteiger partial charge < -0.3 is 9.84 Å². The number of benzene rings is 3. The van der Waals surface area contributed by atoms with Crippen molar-refractivity contribution in [1.82, 2.24) is 0 Å². The second-order valence-electron chi connectivity index (χ2n) is 12.2. The van der Waals surface area contributed by atoms with Crippen molar-refractivity contribution in [1.29, 1.82) is 0 Å². The first kappa shape index (κ1) is 33.0. The van der Waals surface area contributed by atoms with E-state index in [1.807, 2.05) is 6.08 Å². The van der Waals surface area contributed by atoms with E-state index >= 15 is 0 Å². The number of rotatable bonds is 5. The second-order valence-corrected chi connectivity index (χ2v) is 15.0. The highest BCUT2D eigenvalue weighted by atomic mass is 79.9. The molecular weight excluding hydrogens is 794 g/mol. The molecule has 2 heterocycles. The molecular formula is C35H25Br2Cl2FN2O6. The molecule has 1 N–H and O–H groups in total. The van der Waals surface area contributed by atoms with Crippen LogP contribution in [0.25, 0.3) is 6.08 Å². The maximum atomic E-state index is 14.6. The van der Waals surface area contributed by atoms with Crippen LogP contribution in [0, 0.1) is 23.6 Å². The van der Waals surface area contributed by atoms with E-state index in [4.69, 9.17) is 27.9 Å². The zero-order valence-electron chi connectivity index (χ0n) is 25.1. The lowest BCUT2D eigenvalue weighted by atomic mass is 9.56. The number of allylic oxidation sites excluding steroid dienone is 2. The monoisotopic (exact) mass is 816 g/mol. The number of carbonyl (C=O) groups is 4. The lowest BCUT2D eigenvalue weighted by Gasteiger charge is -2.51. The Morgan fingerprint density at radius 1 is 0.938 bits per heavy atom. The molecule has 0 spiro atoms. The Hall–Kier alpha value is -3.51. The molecule has 8 nitrogen and oxygen atoms in total. The van der Waals surface area contributed by atoms with Crippen molar-refractivity contribution in [3.05, 3.63) is 98.7 Å². The summed E-state index contributed by atoms with van der Waals surface area (Å²) in [6.45, 7) is 3.75. The number of imide groups is 2. The van der Waals surface area contributed by atoms with Crippen LogP contribution in [0.2, 0.25) is 0 Å². The van der Waals surface area contributed by atoms with E-state index in [9.17, 15) is 28.7 Å². The molecule has 0 radical (unpaired) electrons. The highest BCUT2D eigenvalue weighted by molar-refractivity contribution is 9.13. The van der Waals surface area contributed by atoms with Crippen molar-refractivity contribution < 1.29 is 33.4 Å². The summed E-state index contributed by atoms with van der Waals surface area (Å²) in [4.78, 5) is 55.0. The number of alkyl halides is 2. The fourth-order valence-corrected chi connectivity index (χ4v) is 9.62. The number of ether oxygens (including phenoxy) is 1. The van der Waals surface area contributed by atoms with E-state index in [2.05, 4.69) is 38.4 Å². The van der Waals surface area contributed by atoms with Gasteiger partial charge in [0.1, 0.15) is 5.82 Å². The minimum atomic E-state index is -2.16. The first-order valence-corrected chi connectivity index (χ1v) is 17.2. The second kappa shape index (κ2) is 11.5. The largest absolute Gasteiger partial charge is 0.503 e. The average molecular weight is 819 g/mol. The predicted molar refractivity (Wildman–Crippen MR) is 186 cm³/mol. The Bertz CT molecular complexity index is 1990. The molecule has 48 heavy (non-hydrogen) atoms. The third-order valence-electron chi connectivity index (χ3n) is 9.99. The van der Waals surface area contributed by atoms with Crippen LogP contribution in [0.1, 0.15) is 29.9 Å². The molecule has 3 aromatic rings. The van der Waals surface area contributed by atoms with Crippen LogP contribution in [0.3, 0.4) is 0 Å². The van der Waals surface area contributed by atoms with E-state index in [0.29, 0.717) is 21.3 Å². The van der Waals surface area contributed by atoms with E-state index in [1.54, 1.807) is 30.3 Å². The summed E-state index contributed by atoms with van der Waals surface area (Å²) in [7, 11) is 1.36. The molecule has 6 unspecified atom stereocenters. The number of amides is 4. The first-order chi connectivity index (χ1) is 22.8. The van der Waals surface area contributed by atoms with Gasteiger partial charge in [0.2, 0.25) is 11.8 Å². The summed E-state index contributed by atoms with van der Waals surface area (Å²) in [6.07, 6.45) is 3.39. The van der Waals surface area contributed by atoms with Crippen LogP contribution in [0.15, 0.2) is 81.8 Å². The van der Waals surface area contributed by atoms with Crippen molar-refractivity contribution >= 4 is 96.1 Å². The van der Waals surface area contributed by atoms with Gasteiger partial charge in [-0.25, -0.2) is 9.29 Å². The van der Waals surface area contributed by atoms with Gasteiger partial charge in [-0.3, -0.25) is 24.1 Å². The SMILES string of the molecule is C=Cc1ccc(N2C(=O)C3CC=C4C(CC5(Cl)C(=O)N(c6ccc(F)cc6)C(=O)C5(Cl)C4c4cc(OC)c(O)c(Br)c4Br)C3C2=O)cc1. The van der Waals surface area contributed by atoms with Crippen LogP contribution in [0.5, 0.6) is 11.5 Å². The Kier molecular flexibility index (Phi) is 7.94. The standard InChI is InChI=1S/C35H25Br2Cl2FN2O6/c1-3-16-4-8-18(9-5-16)41-30(44)21-13-12-20-23(25(21)31(41)45)15-34(38)32(46)42(19-10-6-17(40)7-11-19)33(47)35(34,39)26(20)22-14-24(48-2)29(43)28(37)27(22)36/h3-12,14,21,23,25-26,43H,1,13,15H2,2H3. The van der Waals surface area contributed by atoms with Gasteiger partial charge in [0.05, 0.1) is 34.8 Å². The number of phenolic OH excluding ortho intramolecular Hbond substituents is 1. The lowest BCUT2D eigenvalue weighted by Crippen LogP contribution is -2.60. The minimum absolute atomic E-state index is 0.0466. The molecule has 1 saturated carbocycles. The van der Waals surface area contributed by atoms with E-state index in [1.165, 1.54) is 30.2 Å². The maximum absolute atomic E-state index is 14.6. The van der Waals surface area contributed by atoms with Gasteiger partial charge in [-0.05, 0) is 104 Å². The van der Waals surface area contributed by atoms with Crippen molar-refractivity contribution in [2.75, 3.05) is 16.9 Å². The fraction of sp³-hybridized carbons (Fsp3) is 0.257. The molecule has 2 aliphatic heterocycles. The van der Waals surface area contributed by atoms with Crippen molar-refractivity contribution in [3.63, 3.8) is 0 Å². The van der Waals surface area contributed by atoms with Gasteiger partial charge in [-0.1, -0.05) is 36.4 Å². The number of hydrogen-bond acceptors (Lipinski definition) is 6. The van der Waals surface area contributed by atoms with Gasteiger partial charge in [0.25, 0.3) is 11.8 Å². The number of hydrogen-bond donors (Lipinski definition) is 1. The van der Waals surface area contributed by atoms with Crippen molar-refractivity contribution in [3.8, 4) is 11.5 Å². The Labute approximate surface area is 301 Å². The van der Waals surface area contributed by atoms with Crippen LogP contribution >= 0.6 is 55.1 Å². The summed E-state index contributed by atoms with van der Waals surface area (Å²) >= 11 is 21.8. The van der Waals surface area contributed by atoms with Gasteiger partial charge in [0.15, 0.2) is 21.2 Å². The van der Waals surface area contributed by atoms with Gasteiger partial charge in [-0.15, -0.1) is 23.2 Å². The maximum Gasteiger partial charge on any atom is 0.258 e. The smallest absolute Gasteiger partial charge is 0.258 e. The normalized spacial score (nSPS) is 29.4. The summed E-state index contributed by atoms with van der Waals surface area (Å²) < 4.78 is 19.9. The van der Waals surface area contributed by atoms with Crippen molar-refractivity contribution in [2.45, 2.75) is 28.5 Å². The highest BCUT2D eigenvalue weighted by Gasteiger charge is 2.77. The van der Waals surface area contributed by atoms with Gasteiger partial charge >= 0.3 is 0 Å². The number of carbonyl (C=O) groups excluding carboxylic acids is 4. The molecule has 4 aliphatic rings. The van der Waals surface area contributed by atoms with E-state index in [0.717, 1.165) is 22.6 Å². The number of nitrogens with zero attached hydrogens (tertiary/aromatic N) is 2. The number of phenols is 1. The van der Waals surface area contributed by atoms with Crippen LogP contribution in [-0.4, -0.2) is 45.6 Å². The molecule has 3 fully saturated rings. The quantitative estimate of drug-likeness (QED) is 0.163. The predicted octanol–water partition coefficient (Wildman–Crippen LogP) is 7.48. The molecule has 13 heteroatoms. The molecule has 2 saturated heterocycles. The molecule has 2 aliphatic carbocycles. The molecule has 3 aromatic carbocycles. The molecule has 7 rings (SSSR count). The fourth-order valence-electron chi connectivity index (χ4n) is 7.74. The molecule has 0 aromatic heterocycles. The van der Waals surface area contributed by atoms with Crippen molar-refractivity contribution in [2.24, 2.45) is 17.8 Å².